The first-order chi connectivity index (χ1) is 10.7. The topological polar surface area (TPSA) is 68.3 Å². The number of rotatable bonds is 4. The van der Waals surface area contributed by atoms with Gasteiger partial charge in [-0.1, -0.05) is 0 Å². The molecule has 0 aliphatic heterocycles. The average Bonchev–Trinajstić information content (AvgIpc) is 2.97. The maximum atomic E-state index is 12.7. The van der Waals surface area contributed by atoms with Crippen LogP contribution in [0.5, 0.6) is 0 Å². The lowest BCUT2D eigenvalue weighted by Crippen LogP contribution is -2.47. The van der Waals surface area contributed by atoms with Crippen LogP contribution in [0.3, 0.4) is 0 Å². The van der Waals surface area contributed by atoms with Crippen molar-refractivity contribution in [3.05, 3.63) is 16.1 Å². The molecule has 1 aromatic heterocycles. The summed E-state index contributed by atoms with van der Waals surface area (Å²) in [6.07, 6.45) is 5.46. The molecule has 2 bridgehead atoms. The second-order valence-electron chi connectivity index (χ2n) is 6.72. The van der Waals surface area contributed by atoms with Crippen molar-refractivity contribution in [1.29, 1.82) is 0 Å². The summed E-state index contributed by atoms with van der Waals surface area (Å²) in [5, 5.41) is 3.13. The highest BCUT2D eigenvalue weighted by atomic mass is 32.1. The molecule has 4 atom stereocenters. The summed E-state index contributed by atoms with van der Waals surface area (Å²) < 4.78 is 4.96. The quantitative estimate of drug-likeness (QED) is 0.865. The van der Waals surface area contributed by atoms with Crippen molar-refractivity contribution >= 4 is 23.2 Å². The molecule has 1 heterocycles. The SMILES string of the molecule is COC(=O)[C@@H]1[C@H]2CC[C@@H](C2)[C@H]1NC(=O)c1scnc1C1CC1. The number of thiazole rings is 1. The Kier molecular flexibility index (Phi) is 3.44. The van der Waals surface area contributed by atoms with E-state index in [1.807, 2.05) is 0 Å². The predicted molar refractivity (Wildman–Crippen MR) is 81.7 cm³/mol. The molecule has 6 heteroatoms. The van der Waals surface area contributed by atoms with Gasteiger partial charge in [-0.15, -0.1) is 11.3 Å². The van der Waals surface area contributed by atoms with Crippen LogP contribution >= 0.6 is 11.3 Å². The second-order valence-corrected chi connectivity index (χ2v) is 7.58. The number of aromatic nitrogens is 1. The number of nitrogens with one attached hydrogen (secondary N) is 1. The second kappa shape index (κ2) is 5.33. The normalized spacial score (nSPS) is 33.0. The fourth-order valence-electron chi connectivity index (χ4n) is 4.26. The zero-order valence-corrected chi connectivity index (χ0v) is 13.4. The van der Waals surface area contributed by atoms with E-state index in [9.17, 15) is 9.59 Å². The number of ether oxygens (including phenoxy) is 1. The van der Waals surface area contributed by atoms with Gasteiger partial charge >= 0.3 is 5.97 Å². The Labute approximate surface area is 133 Å². The van der Waals surface area contributed by atoms with Crippen molar-refractivity contribution in [2.45, 2.75) is 44.1 Å². The van der Waals surface area contributed by atoms with Crippen molar-refractivity contribution in [3.8, 4) is 0 Å². The lowest BCUT2D eigenvalue weighted by molar-refractivity contribution is -0.148. The number of hydrogen-bond donors (Lipinski definition) is 1. The average molecular weight is 320 g/mol. The van der Waals surface area contributed by atoms with Gasteiger partial charge in [-0.05, 0) is 43.9 Å². The van der Waals surface area contributed by atoms with E-state index >= 15 is 0 Å². The molecule has 0 spiro atoms. The van der Waals surface area contributed by atoms with E-state index in [2.05, 4.69) is 10.3 Å². The lowest BCUT2D eigenvalue weighted by atomic mass is 9.84. The van der Waals surface area contributed by atoms with E-state index in [0.29, 0.717) is 17.8 Å². The van der Waals surface area contributed by atoms with E-state index in [-0.39, 0.29) is 23.8 Å². The van der Waals surface area contributed by atoms with E-state index in [4.69, 9.17) is 4.74 Å². The summed E-state index contributed by atoms with van der Waals surface area (Å²) in [6, 6.07) is -0.0761. The smallest absolute Gasteiger partial charge is 0.311 e. The van der Waals surface area contributed by atoms with Crippen LogP contribution in [0.15, 0.2) is 5.51 Å². The first kappa shape index (κ1) is 14.2. The minimum absolute atomic E-state index is 0.0594. The maximum Gasteiger partial charge on any atom is 0.311 e. The molecule has 118 valence electrons. The van der Waals surface area contributed by atoms with Crippen LogP contribution in [0.2, 0.25) is 0 Å². The molecule has 0 saturated heterocycles. The number of esters is 1. The Morgan fingerprint density at radius 1 is 1.27 bits per heavy atom. The van der Waals surface area contributed by atoms with Crippen molar-refractivity contribution in [2.24, 2.45) is 17.8 Å². The van der Waals surface area contributed by atoms with Gasteiger partial charge in [0, 0.05) is 12.0 Å². The Morgan fingerprint density at radius 3 is 2.77 bits per heavy atom. The van der Waals surface area contributed by atoms with Crippen LogP contribution in [0.1, 0.15) is 53.4 Å². The number of methoxy groups -OCH3 is 1. The largest absolute Gasteiger partial charge is 0.469 e. The zero-order chi connectivity index (χ0) is 15.3. The molecule has 22 heavy (non-hydrogen) atoms. The summed E-state index contributed by atoms with van der Waals surface area (Å²) in [4.78, 5) is 29.8. The summed E-state index contributed by atoms with van der Waals surface area (Å²) >= 11 is 1.41. The Morgan fingerprint density at radius 2 is 2.05 bits per heavy atom. The zero-order valence-electron chi connectivity index (χ0n) is 12.6. The van der Waals surface area contributed by atoms with Gasteiger partial charge in [0.25, 0.3) is 5.91 Å². The Balaban J connectivity index is 1.53. The number of carbonyl (C=O) groups is 2. The van der Waals surface area contributed by atoms with Gasteiger partial charge in [-0.3, -0.25) is 9.59 Å². The van der Waals surface area contributed by atoms with Crippen LogP contribution in [0, 0.1) is 17.8 Å². The standard InChI is InChI=1S/C16H20N2O3S/c1-21-16(20)11-9-4-5-10(6-9)12(11)18-15(19)14-13(8-2-3-8)17-7-22-14/h7-12H,2-6H2,1H3,(H,18,19)/t9-,10-,11+,12+/m0/s1. The summed E-state index contributed by atoms with van der Waals surface area (Å²) in [6.45, 7) is 0. The van der Waals surface area contributed by atoms with Crippen molar-refractivity contribution in [1.82, 2.24) is 10.3 Å². The van der Waals surface area contributed by atoms with Gasteiger partial charge in [-0.25, -0.2) is 4.98 Å². The minimum atomic E-state index is -0.177. The molecule has 0 unspecified atom stereocenters. The van der Waals surface area contributed by atoms with Crippen molar-refractivity contribution in [3.63, 3.8) is 0 Å². The third-order valence-electron chi connectivity index (χ3n) is 5.45. The number of fused-ring (bicyclic) bond motifs is 2. The molecular formula is C16H20N2O3S. The summed E-state index contributed by atoms with van der Waals surface area (Å²) in [5.74, 6) is 0.830. The lowest BCUT2D eigenvalue weighted by Gasteiger charge is -2.29. The highest BCUT2D eigenvalue weighted by molar-refractivity contribution is 7.11. The van der Waals surface area contributed by atoms with E-state index in [1.165, 1.54) is 18.4 Å². The van der Waals surface area contributed by atoms with Crippen LogP contribution in [-0.2, 0) is 9.53 Å². The van der Waals surface area contributed by atoms with Gasteiger partial charge < -0.3 is 10.1 Å². The molecule has 0 radical (unpaired) electrons. The molecule has 3 fully saturated rings. The van der Waals surface area contributed by atoms with Gasteiger partial charge in [0.1, 0.15) is 4.88 Å². The fraction of sp³-hybridized carbons (Fsp3) is 0.688. The van der Waals surface area contributed by atoms with Crippen LogP contribution in [0.25, 0.3) is 0 Å². The predicted octanol–water partition coefficient (Wildman–Crippen LogP) is 2.34. The van der Waals surface area contributed by atoms with E-state index in [1.54, 1.807) is 5.51 Å². The number of carbonyl (C=O) groups excluding carboxylic acids is 2. The molecule has 3 aliphatic carbocycles. The highest BCUT2D eigenvalue weighted by Gasteiger charge is 2.52. The van der Waals surface area contributed by atoms with Gasteiger partial charge in [0.15, 0.2) is 0 Å². The van der Waals surface area contributed by atoms with Crippen LogP contribution in [0.4, 0.5) is 0 Å². The van der Waals surface area contributed by atoms with Crippen molar-refractivity contribution in [2.75, 3.05) is 7.11 Å². The number of nitrogens with zero attached hydrogens (tertiary/aromatic N) is 1. The van der Waals surface area contributed by atoms with Gasteiger partial charge in [-0.2, -0.15) is 0 Å². The molecule has 0 aromatic carbocycles. The third kappa shape index (κ3) is 2.24. The van der Waals surface area contributed by atoms with Crippen molar-refractivity contribution < 1.29 is 14.3 Å². The molecule has 1 aromatic rings. The van der Waals surface area contributed by atoms with E-state index < -0.39 is 0 Å². The molecule has 1 amide bonds. The van der Waals surface area contributed by atoms with E-state index in [0.717, 1.165) is 42.7 Å². The minimum Gasteiger partial charge on any atom is -0.469 e. The monoisotopic (exact) mass is 320 g/mol. The van der Waals surface area contributed by atoms with Gasteiger partial charge in [0.05, 0.1) is 24.2 Å². The Hall–Kier alpha value is -1.43. The molecular weight excluding hydrogens is 300 g/mol. The molecule has 3 saturated carbocycles. The maximum absolute atomic E-state index is 12.7. The number of amides is 1. The van der Waals surface area contributed by atoms with Gasteiger partial charge in [0.2, 0.25) is 0 Å². The highest BCUT2D eigenvalue weighted by Crippen LogP contribution is 2.49. The van der Waals surface area contributed by atoms with Crippen LogP contribution in [-0.4, -0.2) is 30.0 Å². The molecule has 1 N–H and O–H groups in total. The first-order valence-electron chi connectivity index (χ1n) is 8.01. The molecule has 4 rings (SSSR count). The fourth-order valence-corrected chi connectivity index (χ4v) is 5.04. The summed E-state index contributed by atoms with van der Waals surface area (Å²) in [5.41, 5.74) is 2.70. The number of hydrogen-bond acceptors (Lipinski definition) is 5. The molecule has 3 aliphatic rings. The summed E-state index contributed by atoms with van der Waals surface area (Å²) in [7, 11) is 1.43. The Bertz CT molecular complexity index is 610. The van der Waals surface area contributed by atoms with Crippen LogP contribution < -0.4 is 5.32 Å². The third-order valence-corrected chi connectivity index (χ3v) is 6.29. The molecule has 5 nitrogen and oxygen atoms in total. The first-order valence-corrected chi connectivity index (χ1v) is 8.89.